The van der Waals surface area contributed by atoms with Crippen molar-refractivity contribution in [2.75, 3.05) is 6.61 Å². The SMILES string of the molecule is Cc1ccc2ccn(CCCCCCO)c2c1. The summed E-state index contributed by atoms with van der Waals surface area (Å²) in [5, 5.41) is 10.0. The number of aliphatic hydroxyl groups is 1. The summed E-state index contributed by atoms with van der Waals surface area (Å²) in [7, 11) is 0. The highest BCUT2D eigenvalue weighted by atomic mass is 16.2. The van der Waals surface area contributed by atoms with E-state index in [4.69, 9.17) is 5.11 Å². The molecule has 2 aromatic rings. The summed E-state index contributed by atoms with van der Waals surface area (Å²) in [5.41, 5.74) is 2.66. The lowest BCUT2D eigenvalue weighted by Crippen LogP contribution is -1.96. The summed E-state index contributed by atoms with van der Waals surface area (Å²) in [5.74, 6) is 0. The zero-order chi connectivity index (χ0) is 12.1. The Labute approximate surface area is 103 Å². The Bertz CT molecular complexity index is 473. The van der Waals surface area contributed by atoms with Crippen molar-refractivity contribution < 1.29 is 5.11 Å². The summed E-state index contributed by atoms with van der Waals surface area (Å²) >= 11 is 0. The molecule has 0 amide bonds. The molecule has 92 valence electrons. The molecule has 0 saturated carbocycles. The first-order valence-electron chi connectivity index (χ1n) is 6.47. The molecule has 1 aromatic heterocycles. The van der Waals surface area contributed by atoms with E-state index < -0.39 is 0 Å². The Morgan fingerprint density at radius 2 is 1.88 bits per heavy atom. The van der Waals surface area contributed by atoms with E-state index in [2.05, 4.69) is 42.0 Å². The second kappa shape index (κ2) is 5.87. The number of hydrogen-bond donors (Lipinski definition) is 1. The molecule has 1 heterocycles. The molecule has 0 spiro atoms. The fraction of sp³-hybridized carbons (Fsp3) is 0.467. The van der Waals surface area contributed by atoms with Crippen LogP contribution in [0.5, 0.6) is 0 Å². The highest BCUT2D eigenvalue weighted by molar-refractivity contribution is 5.80. The van der Waals surface area contributed by atoms with Crippen molar-refractivity contribution in [2.24, 2.45) is 0 Å². The number of benzene rings is 1. The lowest BCUT2D eigenvalue weighted by molar-refractivity contribution is 0.282. The summed E-state index contributed by atoms with van der Waals surface area (Å²) in [6.45, 7) is 3.54. The van der Waals surface area contributed by atoms with E-state index >= 15 is 0 Å². The van der Waals surface area contributed by atoms with Gasteiger partial charge in [-0.3, -0.25) is 0 Å². The number of fused-ring (bicyclic) bond motifs is 1. The Morgan fingerprint density at radius 3 is 2.71 bits per heavy atom. The van der Waals surface area contributed by atoms with E-state index in [-0.39, 0.29) is 0 Å². The molecule has 2 heteroatoms. The Morgan fingerprint density at radius 1 is 1.06 bits per heavy atom. The second-order valence-electron chi connectivity index (χ2n) is 4.71. The van der Waals surface area contributed by atoms with Gasteiger partial charge in [-0.15, -0.1) is 0 Å². The lowest BCUT2D eigenvalue weighted by atomic mass is 10.2. The second-order valence-corrected chi connectivity index (χ2v) is 4.71. The van der Waals surface area contributed by atoms with Crippen LogP contribution in [0, 0.1) is 6.92 Å². The van der Waals surface area contributed by atoms with E-state index in [0.29, 0.717) is 6.61 Å². The molecule has 0 aliphatic rings. The van der Waals surface area contributed by atoms with Crippen LogP contribution in [-0.2, 0) is 6.54 Å². The minimum Gasteiger partial charge on any atom is -0.396 e. The fourth-order valence-electron chi connectivity index (χ4n) is 2.24. The Hall–Kier alpha value is -1.28. The third-order valence-corrected chi connectivity index (χ3v) is 3.24. The smallest absolute Gasteiger partial charge is 0.0482 e. The monoisotopic (exact) mass is 231 g/mol. The molecule has 0 fully saturated rings. The first-order valence-corrected chi connectivity index (χ1v) is 6.47. The van der Waals surface area contributed by atoms with Crippen LogP contribution in [0.1, 0.15) is 31.2 Å². The van der Waals surface area contributed by atoms with Crippen molar-refractivity contribution in [2.45, 2.75) is 39.2 Å². The van der Waals surface area contributed by atoms with Crippen molar-refractivity contribution in [3.05, 3.63) is 36.0 Å². The van der Waals surface area contributed by atoms with E-state index in [1.54, 1.807) is 0 Å². The highest BCUT2D eigenvalue weighted by Crippen LogP contribution is 2.18. The molecule has 1 N–H and O–H groups in total. The molecule has 0 aliphatic carbocycles. The predicted molar refractivity (Wildman–Crippen MR) is 72.2 cm³/mol. The molecule has 2 nitrogen and oxygen atoms in total. The van der Waals surface area contributed by atoms with Crippen LogP contribution in [0.4, 0.5) is 0 Å². The molecule has 0 unspecified atom stereocenters. The topological polar surface area (TPSA) is 25.2 Å². The maximum Gasteiger partial charge on any atom is 0.0482 e. The van der Waals surface area contributed by atoms with Gasteiger partial charge in [0.05, 0.1) is 0 Å². The van der Waals surface area contributed by atoms with Crippen LogP contribution < -0.4 is 0 Å². The van der Waals surface area contributed by atoms with Crippen LogP contribution in [0.25, 0.3) is 10.9 Å². The average molecular weight is 231 g/mol. The zero-order valence-electron chi connectivity index (χ0n) is 10.5. The van der Waals surface area contributed by atoms with Gasteiger partial charge >= 0.3 is 0 Å². The molecule has 0 atom stereocenters. The van der Waals surface area contributed by atoms with Crippen LogP contribution in [0.3, 0.4) is 0 Å². The van der Waals surface area contributed by atoms with Gasteiger partial charge in [0.15, 0.2) is 0 Å². The molecule has 0 bridgehead atoms. The van der Waals surface area contributed by atoms with Gasteiger partial charge in [0.1, 0.15) is 0 Å². The van der Waals surface area contributed by atoms with E-state index in [1.165, 1.54) is 29.3 Å². The normalized spacial score (nSPS) is 11.2. The number of aliphatic hydroxyl groups excluding tert-OH is 1. The summed E-state index contributed by atoms with van der Waals surface area (Å²) < 4.78 is 2.33. The Kier molecular flexibility index (Phi) is 4.21. The third-order valence-electron chi connectivity index (χ3n) is 3.24. The first kappa shape index (κ1) is 12.2. The van der Waals surface area contributed by atoms with Crippen LogP contribution in [0.15, 0.2) is 30.5 Å². The maximum atomic E-state index is 8.72. The predicted octanol–water partition coefficient (Wildman–Crippen LogP) is 3.50. The summed E-state index contributed by atoms with van der Waals surface area (Å²) in [6, 6.07) is 8.78. The minimum absolute atomic E-state index is 0.325. The molecular weight excluding hydrogens is 210 g/mol. The third kappa shape index (κ3) is 3.10. The fourth-order valence-corrected chi connectivity index (χ4v) is 2.24. The molecule has 1 aromatic carbocycles. The number of nitrogens with zero attached hydrogens (tertiary/aromatic N) is 1. The largest absolute Gasteiger partial charge is 0.396 e. The van der Waals surface area contributed by atoms with Crippen molar-refractivity contribution in [1.29, 1.82) is 0 Å². The van der Waals surface area contributed by atoms with Gasteiger partial charge in [-0.2, -0.15) is 0 Å². The summed E-state index contributed by atoms with van der Waals surface area (Å²) in [6.07, 6.45) is 6.64. The molecule has 0 radical (unpaired) electrons. The zero-order valence-corrected chi connectivity index (χ0v) is 10.5. The number of aryl methyl sites for hydroxylation is 2. The molecule has 2 rings (SSSR count). The number of aromatic nitrogens is 1. The van der Waals surface area contributed by atoms with Gasteiger partial charge in [0, 0.05) is 24.9 Å². The molecule has 0 aliphatic heterocycles. The van der Waals surface area contributed by atoms with Crippen LogP contribution in [0.2, 0.25) is 0 Å². The number of rotatable bonds is 6. The van der Waals surface area contributed by atoms with Gasteiger partial charge in [-0.1, -0.05) is 25.0 Å². The quantitative estimate of drug-likeness (QED) is 0.756. The highest BCUT2D eigenvalue weighted by Gasteiger charge is 2.00. The van der Waals surface area contributed by atoms with Gasteiger partial charge in [-0.05, 0) is 42.8 Å². The number of unbranched alkanes of at least 4 members (excludes halogenated alkanes) is 3. The average Bonchev–Trinajstić information content (AvgIpc) is 2.72. The molecular formula is C15H21NO. The van der Waals surface area contributed by atoms with E-state index in [1.807, 2.05) is 0 Å². The van der Waals surface area contributed by atoms with E-state index in [9.17, 15) is 0 Å². The minimum atomic E-state index is 0.325. The van der Waals surface area contributed by atoms with Crippen molar-refractivity contribution >= 4 is 10.9 Å². The molecule has 17 heavy (non-hydrogen) atoms. The van der Waals surface area contributed by atoms with Gasteiger partial charge in [0.25, 0.3) is 0 Å². The van der Waals surface area contributed by atoms with Crippen LogP contribution in [-0.4, -0.2) is 16.3 Å². The van der Waals surface area contributed by atoms with Gasteiger partial charge in [-0.25, -0.2) is 0 Å². The number of hydrogen-bond acceptors (Lipinski definition) is 1. The summed E-state index contributed by atoms with van der Waals surface area (Å²) in [4.78, 5) is 0. The van der Waals surface area contributed by atoms with Crippen molar-refractivity contribution in [1.82, 2.24) is 4.57 Å². The van der Waals surface area contributed by atoms with Crippen molar-refractivity contribution in [3.8, 4) is 0 Å². The van der Waals surface area contributed by atoms with Gasteiger partial charge in [0.2, 0.25) is 0 Å². The van der Waals surface area contributed by atoms with Gasteiger partial charge < -0.3 is 9.67 Å². The molecule has 0 saturated heterocycles. The van der Waals surface area contributed by atoms with E-state index in [0.717, 1.165) is 19.4 Å². The maximum absolute atomic E-state index is 8.72. The first-order chi connectivity index (χ1) is 8.31. The lowest BCUT2D eigenvalue weighted by Gasteiger charge is -2.05. The van der Waals surface area contributed by atoms with Crippen LogP contribution >= 0.6 is 0 Å². The van der Waals surface area contributed by atoms with Crippen molar-refractivity contribution in [3.63, 3.8) is 0 Å². The Balaban J connectivity index is 1.96. The standard InChI is InChI=1S/C15H21NO/c1-13-6-7-14-8-10-16(15(14)12-13)9-4-2-3-5-11-17/h6-8,10,12,17H,2-5,9,11H2,1H3.